The van der Waals surface area contributed by atoms with E-state index in [1.165, 1.54) is 35.2 Å². The molecule has 158 valence electrons. The Bertz CT molecular complexity index is 1200. The Morgan fingerprint density at radius 2 is 1.94 bits per heavy atom. The van der Waals surface area contributed by atoms with Crippen LogP contribution in [-0.2, 0) is 24.0 Å². The molecular formula is C22H20FN5OS2. The van der Waals surface area contributed by atoms with E-state index in [2.05, 4.69) is 20.5 Å². The van der Waals surface area contributed by atoms with Gasteiger partial charge in [-0.05, 0) is 42.8 Å². The molecule has 1 amide bonds. The minimum absolute atomic E-state index is 0.0832. The highest BCUT2D eigenvalue weighted by Crippen LogP contribution is 2.26. The number of thioether (sulfide) groups is 1. The summed E-state index contributed by atoms with van der Waals surface area (Å²) >= 11 is 2.99. The van der Waals surface area contributed by atoms with Crippen LogP contribution in [-0.4, -0.2) is 25.7 Å². The van der Waals surface area contributed by atoms with Crippen molar-refractivity contribution in [1.29, 1.82) is 0 Å². The van der Waals surface area contributed by atoms with Crippen LogP contribution in [0.4, 0.5) is 10.1 Å². The van der Waals surface area contributed by atoms with Crippen molar-refractivity contribution >= 4 is 34.7 Å². The lowest BCUT2D eigenvalue weighted by molar-refractivity contribution is -0.115. The summed E-state index contributed by atoms with van der Waals surface area (Å²) in [5.41, 5.74) is 3.54. The smallest absolute Gasteiger partial charge is 0.231 e. The molecule has 4 aromatic rings. The van der Waals surface area contributed by atoms with E-state index in [0.717, 1.165) is 32.7 Å². The molecule has 0 aliphatic rings. The number of para-hydroxylation sites is 1. The lowest BCUT2D eigenvalue weighted by Gasteiger charge is -2.06. The first-order chi connectivity index (χ1) is 15.0. The summed E-state index contributed by atoms with van der Waals surface area (Å²) in [4.78, 5) is 16.9. The van der Waals surface area contributed by atoms with Gasteiger partial charge in [-0.3, -0.25) is 4.79 Å². The summed E-state index contributed by atoms with van der Waals surface area (Å²) in [6.07, 6.45) is 0.238. The van der Waals surface area contributed by atoms with Crippen LogP contribution >= 0.6 is 23.1 Å². The van der Waals surface area contributed by atoms with Crippen LogP contribution in [0.15, 0.2) is 59.1 Å². The van der Waals surface area contributed by atoms with Crippen molar-refractivity contribution in [2.24, 2.45) is 7.05 Å². The Labute approximate surface area is 187 Å². The van der Waals surface area contributed by atoms with Crippen LogP contribution < -0.4 is 5.32 Å². The molecule has 6 nitrogen and oxygen atoms in total. The van der Waals surface area contributed by atoms with E-state index < -0.39 is 0 Å². The predicted molar refractivity (Wildman–Crippen MR) is 122 cm³/mol. The highest BCUT2D eigenvalue weighted by atomic mass is 32.2. The quantitative estimate of drug-likeness (QED) is 0.405. The zero-order valence-corrected chi connectivity index (χ0v) is 18.6. The molecule has 0 fully saturated rings. The Morgan fingerprint density at radius 3 is 2.71 bits per heavy atom. The van der Waals surface area contributed by atoms with E-state index in [9.17, 15) is 9.18 Å². The second kappa shape index (κ2) is 9.40. The summed E-state index contributed by atoms with van der Waals surface area (Å²) in [5.74, 6) is 0.924. The first-order valence-corrected chi connectivity index (χ1v) is 11.4. The highest BCUT2D eigenvalue weighted by Gasteiger charge is 2.13. The number of aromatic nitrogens is 4. The van der Waals surface area contributed by atoms with E-state index in [0.29, 0.717) is 11.6 Å². The van der Waals surface area contributed by atoms with E-state index >= 15 is 0 Å². The molecule has 2 aromatic heterocycles. The Kier molecular flexibility index (Phi) is 6.43. The molecule has 0 aliphatic carbocycles. The monoisotopic (exact) mass is 453 g/mol. The first kappa shape index (κ1) is 21.2. The van der Waals surface area contributed by atoms with Crippen molar-refractivity contribution in [1.82, 2.24) is 19.7 Å². The molecule has 31 heavy (non-hydrogen) atoms. The van der Waals surface area contributed by atoms with Gasteiger partial charge in [0.05, 0.1) is 12.1 Å². The van der Waals surface area contributed by atoms with E-state index in [1.807, 2.05) is 48.2 Å². The van der Waals surface area contributed by atoms with Gasteiger partial charge < -0.3 is 9.88 Å². The van der Waals surface area contributed by atoms with Gasteiger partial charge in [0.15, 0.2) is 11.0 Å². The normalized spacial score (nSPS) is 10.9. The zero-order chi connectivity index (χ0) is 21.8. The third-order valence-corrected chi connectivity index (χ3v) is 6.57. The molecule has 4 rings (SSSR count). The molecule has 0 atom stereocenters. The van der Waals surface area contributed by atoms with Crippen LogP contribution in [0.1, 0.15) is 16.3 Å². The minimum Gasteiger partial charge on any atom is -0.325 e. The number of aryl methyl sites for hydroxylation is 1. The molecule has 0 radical (unpaired) electrons. The van der Waals surface area contributed by atoms with Gasteiger partial charge in [0.1, 0.15) is 10.8 Å². The second-order valence-corrected chi connectivity index (χ2v) is 8.82. The van der Waals surface area contributed by atoms with Crippen molar-refractivity contribution < 1.29 is 9.18 Å². The average Bonchev–Trinajstić information content (AvgIpc) is 3.35. The number of halogens is 1. The number of carbonyl (C=O) groups excluding carboxylic acids is 1. The maximum Gasteiger partial charge on any atom is 0.231 e. The van der Waals surface area contributed by atoms with Gasteiger partial charge >= 0.3 is 0 Å². The minimum atomic E-state index is -0.285. The molecule has 0 spiro atoms. The Hall–Kier alpha value is -3.04. The number of hydrogen-bond acceptors (Lipinski definition) is 6. The molecule has 0 bridgehead atoms. The van der Waals surface area contributed by atoms with Crippen molar-refractivity contribution in [2.45, 2.75) is 24.3 Å². The molecule has 2 aromatic carbocycles. The lowest BCUT2D eigenvalue weighted by Crippen LogP contribution is -2.15. The Balaban J connectivity index is 1.35. The molecule has 9 heteroatoms. The van der Waals surface area contributed by atoms with Crippen LogP contribution in [0.5, 0.6) is 0 Å². The van der Waals surface area contributed by atoms with Crippen molar-refractivity contribution in [3.8, 4) is 11.4 Å². The number of carbonyl (C=O) groups is 1. The fourth-order valence-corrected chi connectivity index (χ4v) is 4.67. The Morgan fingerprint density at radius 1 is 1.16 bits per heavy atom. The maximum absolute atomic E-state index is 13.1. The first-order valence-electron chi connectivity index (χ1n) is 9.56. The lowest BCUT2D eigenvalue weighted by atomic mass is 10.2. The highest BCUT2D eigenvalue weighted by molar-refractivity contribution is 7.98. The summed E-state index contributed by atoms with van der Waals surface area (Å²) in [6.45, 7) is 1.96. The molecule has 0 saturated heterocycles. The van der Waals surface area contributed by atoms with Crippen LogP contribution in [0, 0.1) is 12.7 Å². The van der Waals surface area contributed by atoms with Crippen LogP contribution in [0.2, 0.25) is 0 Å². The van der Waals surface area contributed by atoms with E-state index in [1.54, 1.807) is 12.1 Å². The third-order valence-electron chi connectivity index (χ3n) is 4.62. The number of amides is 1. The van der Waals surface area contributed by atoms with Gasteiger partial charge in [0.25, 0.3) is 0 Å². The number of thiazole rings is 1. The van der Waals surface area contributed by atoms with E-state index in [-0.39, 0.29) is 18.1 Å². The van der Waals surface area contributed by atoms with Crippen molar-refractivity contribution in [2.75, 3.05) is 5.32 Å². The van der Waals surface area contributed by atoms with Gasteiger partial charge in [-0.15, -0.1) is 21.5 Å². The average molecular weight is 454 g/mol. The van der Waals surface area contributed by atoms with Gasteiger partial charge in [0.2, 0.25) is 5.91 Å². The topological polar surface area (TPSA) is 72.7 Å². The summed E-state index contributed by atoms with van der Waals surface area (Å²) in [5, 5.41) is 14.9. The number of nitrogens with one attached hydrogen (secondary N) is 1. The number of benzene rings is 2. The second-order valence-electron chi connectivity index (χ2n) is 6.93. The number of rotatable bonds is 7. The molecule has 1 N–H and O–H groups in total. The summed E-state index contributed by atoms with van der Waals surface area (Å²) in [7, 11) is 1.88. The third kappa shape index (κ3) is 5.18. The van der Waals surface area contributed by atoms with Gasteiger partial charge in [0, 0.05) is 29.4 Å². The van der Waals surface area contributed by atoms with Crippen molar-refractivity contribution in [3.05, 3.63) is 76.0 Å². The fraction of sp³-hybridized carbons (Fsp3) is 0.182. The number of nitrogens with zero attached hydrogens (tertiary/aromatic N) is 4. The van der Waals surface area contributed by atoms with Crippen molar-refractivity contribution in [3.63, 3.8) is 0 Å². The zero-order valence-electron chi connectivity index (χ0n) is 17.0. The summed E-state index contributed by atoms with van der Waals surface area (Å²) in [6, 6.07) is 13.9. The predicted octanol–water partition coefficient (Wildman–Crippen LogP) is 4.86. The largest absolute Gasteiger partial charge is 0.325 e. The molecule has 0 unspecified atom stereocenters. The fourth-order valence-electron chi connectivity index (χ4n) is 2.97. The standard InChI is InChI=1S/C22H20FN5OS2/c1-14-5-3-4-6-18(14)25-19(29)11-20-24-17(12-30-20)13-31-22-27-26-21(28(22)2)15-7-9-16(23)10-8-15/h3-10,12H,11,13H2,1-2H3,(H,25,29). The molecule has 0 saturated carbocycles. The SMILES string of the molecule is Cc1ccccc1NC(=O)Cc1nc(CSc2nnc(-c3ccc(F)cc3)n2C)cs1. The molecular weight excluding hydrogens is 433 g/mol. The molecule has 0 aliphatic heterocycles. The number of anilines is 1. The van der Waals surface area contributed by atoms with Crippen LogP contribution in [0.25, 0.3) is 11.4 Å². The number of hydrogen-bond donors (Lipinski definition) is 1. The molecule has 2 heterocycles. The van der Waals surface area contributed by atoms with Gasteiger partial charge in [-0.25, -0.2) is 9.37 Å². The van der Waals surface area contributed by atoms with E-state index in [4.69, 9.17) is 0 Å². The van der Waals surface area contributed by atoms with Gasteiger partial charge in [-0.2, -0.15) is 0 Å². The maximum atomic E-state index is 13.1. The summed E-state index contributed by atoms with van der Waals surface area (Å²) < 4.78 is 15.0. The van der Waals surface area contributed by atoms with Crippen LogP contribution in [0.3, 0.4) is 0 Å². The van der Waals surface area contributed by atoms with Gasteiger partial charge in [-0.1, -0.05) is 30.0 Å².